The van der Waals surface area contributed by atoms with Gasteiger partial charge in [-0.25, -0.2) is 4.98 Å². The Hall–Kier alpha value is -3.06. The van der Waals surface area contributed by atoms with Gasteiger partial charge in [0.25, 0.3) is 0 Å². The Balaban J connectivity index is 1.97. The zero-order valence-electron chi connectivity index (χ0n) is 16.3. The van der Waals surface area contributed by atoms with Gasteiger partial charge in [0.1, 0.15) is 5.82 Å². The van der Waals surface area contributed by atoms with E-state index >= 15 is 0 Å². The van der Waals surface area contributed by atoms with Gasteiger partial charge in [-0.2, -0.15) is 4.98 Å². The molecule has 0 atom stereocenters. The van der Waals surface area contributed by atoms with Crippen LogP contribution >= 0.6 is 0 Å². The lowest BCUT2D eigenvalue weighted by Gasteiger charge is -2.24. The fraction of sp³-hybridized carbons (Fsp3) is 0.304. The number of benzene rings is 2. The van der Waals surface area contributed by atoms with Gasteiger partial charge in [-0.3, -0.25) is 0 Å². The molecule has 0 saturated heterocycles. The number of hydrogen-bond acceptors (Lipinski definition) is 4. The molecule has 0 aliphatic carbocycles. The third kappa shape index (κ3) is 4.03. The minimum absolute atomic E-state index is 0.0172. The van der Waals surface area contributed by atoms with Gasteiger partial charge in [0.2, 0.25) is 5.88 Å². The second-order valence-electron chi connectivity index (χ2n) is 7.20. The van der Waals surface area contributed by atoms with Crippen molar-refractivity contribution >= 4 is 16.6 Å². The molecule has 138 valence electrons. The summed E-state index contributed by atoms with van der Waals surface area (Å²) in [6.45, 7) is 9.36. The van der Waals surface area contributed by atoms with E-state index in [0.717, 1.165) is 22.3 Å². The third-order valence-electron chi connectivity index (χ3n) is 4.81. The van der Waals surface area contributed by atoms with E-state index in [-0.39, 0.29) is 5.88 Å². The van der Waals surface area contributed by atoms with Crippen LogP contribution < -0.4 is 4.90 Å². The summed E-state index contributed by atoms with van der Waals surface area (Å²) in [7, 11) is 0. The molecule has 0 saturated carbocycles. The van der Waals surface area contributed by atoms with Crippen LogP contribution in [0.25, 0.3) is 10.9 Å². The minimum atomic E-state index is 0.0172. The molecule has 0 aliphatic rings. The first-order chi connectivity index (χ1) is 12.9. The number of anilines is 1. The smallest absolute Gasteiger partial charge is 0.222 e. The summed E-state index contributed by atoms with van der Waals surface area (Å²) in [6, 6.07) is 12.5. The molecule has 1 heterocycles. The maximum Gasteiger partial charge on any atom is 0.222 e. The van der Waals surface area contributed by atoms with Crippen LogP contribution in [0, 0.1) is 26.2 Å². The topological polar surface area (TPSA) is 49.2 Å². The standard InChI is InChI=1S/C23H25N3O/c1-6-11-26(20-9-7-18(8-10-20)15(2)3)14-19-13-21-22(12-16(19)4)24-17(5)25-23(21)27/h1,7-10,12-13,15H,11,14H2,2-5H3,(H,24,25,27). The summed E-state index contributed by atoms with van der Waals surface area (Å²) < 4.78 is 0. The molecule has 2 aromatic carbocycles. The quantitative estimate of drug-likeness (QED) is 0.670. The van der Waals surface area contributed by atoms with E-state index < -0.39 is 0 Å². The van der Waals surface area contributed by atoms with E-state index in [0.29, 0.717) is 30.2 Å². The fourth-order valence-corrected chi connectivity index (χ4v) is 3.22. The lowest BCUT2D eigenvalue weighted by molar-refractivity contribution is 0.457. The second-order valence-corrected chi connectivity index (χ2v) is 7.20. The zero-order valence-corrected chi connectivity index (χ0v) is 16.3. The summed E-state index contributed by atoms with van der Waals surface area (Å²) in [5, 5.41) is 10.9. The molecule has 3 aromatic rings. The molecule has 3 rings (SSSR count). The number of rotatable bonds is 5. The number of aromatic hydroxyl groups is 1. The first kappa shape index (κ1) is 18.7. The molecule has 4 heteroatoms. The number of nitrogens with zero attached hydrogens (tertiary/aromatic N) is 3. The molecule has 1 aromatic heterocycles. The van der Waals surface area contributed by atoms with Gasteiger partial charge >= 0.3 is 0 Å². The molecule has 0 amide bonds. The normalized spacial score (nSPS) is 11.0. The van der Waals surface area contributed by atoms with Crippen molar-refractivity contribution in [2.75, 3.05) is 11.4 Å². The number of hydrogen-bond donors (Lipinski definition) is 1. The maximum absolute atomic E-state index is 10.2. The number of aryl methyl sites for hydroxylation is 2. The van der Waals surface area contributed by atoms with Crippen LogP contribution in [0.4, 0.5) is 5.69 Å². The Kier molecular flexibility index (Phi) is 5.32. The highest BCUT2D eigenvalue weighted by atomic mass is 16.3. The van der Waals surface area contributed by atoms with E-state index in [1.807, 2.05) is 12.1 Å². The van der Waals surface area contributed by atoms with Gasteiger partial charge in [0.05, 0.1) is 17.4 Å². The molecule has 0 unspecified atom stereocenters. The van der Waals surface area contributed by atoms with Crippen molar-refractivity contribution in [1.29, 1.82) is 0 Å². The van der Waals surface area contributed by atoms with Crippen molar-refractivity contribution in [3.05, 3.63) is 58.9 Å². The Morgan fingerprint density at radius 3 is 2.44 bits per heavy atom. The molecule has 0 spiro atoms. The molecule has 0 fully saturated rings. The molecular formula is C23H25N3O. The van der Waals surface area contributed by atoms with Crippen LogP contribution in [0.3, 0.4) is 0 Å². The second kappa shape index (κ2) is 7.67. The number of terminal acetylenes is 1. The largest absolute Gasteiger partial charge is 0.493 e. The molecule has 0 aliphatic heterocycles. The van der Waals surface area contributed by atoms with Crippen molar-refractivity contribution in [2.24, 2.45) is 0 Å². The van der Waals surface area contributed by atoms with Gasteiger partial charge < -0.3 is 10.0 Å². The van der Waals surface area contributed by atoms with Crippen LogP contribution in [-0.2, 0) is 6.54 Å². The summed E-state index contributed by atoms with van der Waals surface area (Å²) >= 11 is 0. The molecule has 1 N–H and O–H groups in total. The van der Waals surface area contributed by atoms with Crippen molar-refractivity contribution in [1.82, 2.24) is 9.97 Å². The Morgan fingerprint density at radius 2 is 1.81 bits per heavy atom. The van der Waals surface area contributed by atoms with Crippen LogP contribution in [0.15, 0.2) is 36.4 Å². The first-order valence-electron chi connectivity index (χ1n) is 9.14. The SMILES string of the molecule is C#CCN(Cc1cc2c(O)nc(C)nc2cc1C)c1ccc(C(C)C)cc1. The third-order valence-corrected chi connectivity index (χ3v) is 4.81. The van der Waals surface area contributed by atoms with Crippen molar-refractivity contribution < 1.29 is 5.11 Å². The predicted molar refractivity (Wildman–Crippen MR) is 111 cm³/mol. The van der Waals surface area contributed by atoms with Gasteiger partial charge in [-0.1, -0.05) is 31.9 Å². The highest BCUT2D eigenvalue weighted by Gasteiger charge is 2.13. The molecule has 4 nitrogen and oxygen atoms in total. The van der Waals surface area contributed by atoms with Gasteiger partial charge in [0, 0.05) is 12.2 Å². The average molecular weight is 359 g/mol. The van der Waals surface area contributed by atoms with Gasteiger partial charge in [-0.05, 0) is 60.7 Å². The van der Waals surface area contributed by atoms with Crippen LogP contribution in [-0.4, -0.2) is 21.6 Å². The molecule has 0 bridgehead atoms. The average Bonchev–Trinajstić information content (AvgIpc) is 2.62. The van der Waals surface area contributed by atoms with E-state index in [4.69, 9.17) is 6.42 Å². The monoisotopic (exact) mass is 359 g/mol. The minimum Gasteiger partial charge on any atom is -0.493 e. The molecular weight excluding hydrogens is 334 g/mol. The summed E-state index contributed by atoms with van der Waals surface area (Å²) in [4.78, 5) is 10.6. The number of fused-ring (bicyclic) bond motifs is 1. The van der Waals surface area contributed by atoms with Crippen LogP contribution in [0.5, 0.6) is 5.88 Å². The fourth-order valence-electron chi connectivity index (χ4n) is 3.22. The van der Waals surface area contributed by atoms with E-state index in [2.05, 4.69) is 65.8 Å². The van der Waals surface area contributed by atoms with E-state index in [1.165, 1.54) is 5.56 Å². The van der Waals surface area contributed by atoms with Crippen LogP contribution in [0.2, 0.25) is 0 Å². The Morgan fingerprint density at radius 1 is 1.11 bits per heavy atom. The Labute approximate surface area is 160 Å². The van der Waals surface area contributed by atoms with Gasteiger partial charge in [-0.15, -0.1) is 6.42 Å². The highest BCUT2D eigenvalue weighted by Crippen LogP contribution is 2.27. The summed E-state index contributed by atoms with van der Waals surface area (Å²) in [6.07, 6.45) is 5.62. The lowest BCUT2D eigenvalue weighted by atomic mass is 10.0. The summed E-state index contributed by atoms with van der Waals surface area (Å²) in [5.41, 5.74) is 5.35. The first-order valence-corrected chi connectivity index (χ1v) is 9.14. The maximum atomic E-state index is 10.2. The predicted octanol–water partition coefficient (Wildman–Crippen LogP) is 4.72. The highest BCUT2D eigenvalue weighted by molar-refractivity contribution is 5.84. The van der Waals surface area contributed by atoms with Crippen LogP contribution in [0.1, 0.15) is 42.3 Å². The van der Waals surface area contributed by atoms with Crippen molar-refractivity contribution in [3.8, 4) is 18.2 Å². The van der Waals surface area contributed by atoms with Crippen molar-refractivity contribution in [3.63, 3.8) is 0 Å². The Bertz CT molecular complexity index is 1000. The van der Waals surface area contributed by atoms with Gasteiger partial charge in [0.15, 0.2) is 0 Å². The molecule has 27 heavy (non-hydrogen) atoms. The van der Waals surface area contributed by atoms with E-state index in [9.17, 15) is 5.11 Å². The lowest BCUT2D eigenvalue weighted by Crippen LogP contribution is -2.23. The molecule has 0 radical (unpaired) electrons. The zero-order chi connectivity index (χ0) is 19.6. The van der Waals surface area contributed by atoms with E-state index in [1.54, 1.807) is 6.92 Å². The van der Waals surface area contributed by atoms with Crippen molar-refractivity contribution in [2.45, 2.75) is 40.2 Å². The summed E-state index contributed by atoms with van der Waals surface area (Å²) in [5.74, 6) is 3.82. The number of aromatic nitrogens is 2.